The van der Waals surface area contributed by atoms with Crippen LogP contribution in [0.25, 0.3) is 0 Å². The van der Waals surface area contributed by atoms with Gasteiger partial charge in [-0.15, -0.1) is 0 Å². The Labute approximate surface area is 115 Å². The Balaban J connectivity index is 2.04. The van der Waals surface area contributed by atoms with E-state index in [-0.39, 0.29) is 0 Å². The van der Waals surface area contributed by atoms with E-state index in [0.29, 0.717) is 6.04 Å². The fourth-order valence-corrected chi connectivity index (χ4v) is 2.47. The van der Waals surface area contributed by atoms with E-state index < -0.39 is 0 Å². The van der Waals surface area contributed by atoms with Crippen molar-refractivity contribution in [2.24, 2.45) is 7.05 Å². The van der Waals surface area contributed by atoms with Gasteiger partial charge in [0.25, 0.3) is 0 Å². The monoisotopic (exact) mass is 257 g/mol. The third kappa shape index (κ3) is 3.24. The van der Waals surface area contributed by atoms with E-state index >= 15 is 0 Å². The van der Waals surface area contributed by atoms with Crippen molar-refractivity contribution in [3.8, 4) is 0 Å². The SMILES string of the molecule is CCc1nn(C)cc1CNC(C)c1ccccc1C. The molecule has 0 saturated carbocycles. The summed E-state index contributed by atoms with van der Waals surface area (Å²) in [4.78, 5) is 0. The average molecular weight is 257 g/mol. The van der Waals surface area contributed by atoms with Crippen molar-refractivity contribution in [1.82, 2.24) is 15.1 Å². The Morgan fingerprint density at radius 3 is 2.74 bits per heavy atom. The Morgan fingerprint density at radius 1 is 1.32 bits per heavy atom. The Bertz CT molecular complexity index is 543. The summed E-state index contributed by atoms with van der Waals surface area (Å²) in [6, 6.07) is 8.89. The average Bonchev–Trinajstić information content (AvgIpc) is 2.77. The van der Waals surface area contributed by atoms with Gasteiger partial charge in [-0.2, -0.15) is 5.10 Å². The fraction of sp³-hybridized carbons (Fsp3) is 0.438. The van der Waals surface area contributed by atoms with Crippen LogP contribution in [0.4, 0.5) is 0 Å². The first-order chi connectivity index (χ1) is 9.11. The van der Waals surface area contributed by atoms with Crippen LogP contribution >= 0.6 is 0 Å². The molecule has 2 aromatic rings. The topological polar surface area (TPSA) is 29.9 Å². The van der Waals surface area contributed by atoms with Crippen LogP contribution in [0.15, 0.2) is 30.5 Å². The van der Waals surface area contributed by atoms with Gasteiger partial charge in [0.05, 0.1) is 5.69 Å². The first-order valence-corrected chi connectivity index (χ1v) is 6.92. The molecule has 1 N–H and O–H groups in total. The van der Waals surface area contributed by atoms with Crippen LogP contribution in [-0.4, -0.2) is 9.78 Å². The number of benzene rings is 1. The molecular weight excluding hydrogens is 234 g/mol. The molecule has 0 aliphatic rings. The number of hydrogen-bond acceptors (Lipinski definition) is 2. The number of aromatic nitrogens is 2. The number of aryl methyl sites for hydroxylation is 3. The number of nitrogens with zero attached hydrogens (tertiary/aromatic N) is 2. The molecule has 0 saturated heterocycles. The summed E-state index contributed by atoms with van der Waals surface area (Å²) in [5.74, 6) is 0. The molecule has 0 fully saturated rings. The zero-order valence-corrected chi connectivity index (χ0v) is 12.3. The maximum absolute atomic E-state index is 4.47. The molecule has 1 unspecified atom stereocenters. The predicted molar refractivity (Wildman–Crippen MR) is 79.0 cm³/mol. The fourth-order valence-electron chi connectivity index (χ4n) is 2.47. The summed E-state index contributed by atoms with van der Waals surface area (Å²) in [6.45, 7) is 7.39. The van der Waals surface area contributed by atoms with Crippen molar-refractivity contribution < 1.29 is 0 Å². The highest BCUT2D eigenvalue weighted by Crippen LogP contribution is 2.17. The largest absolute Gasteiger partial charge is 0.306 e. The lowest BCUT2D eigenvalue weighted by Gasteiger charge is -2.16. The molecule has 1 atom stereocenters. The summed E-state index contributed by atoms with van der Waals surface area (Å²) >= 11 is 0. The van der Waals surface area contributed by atoms with Gasteiger partial charge in [0.2, 0.25) is 0 Å². The quantitative estimate of drug-likeness (QED) is 0.891. The minimum absolute atomic E-state index is 0.353. The lowest BCUT2D eigenvalue weighted by molar-refractivity contribution is 0.570. The van der Waals surface area contributed by atoms with Gasteiger partial charge in [0.15, 0.2) is 0 Å². The Hall–Kier alpha value is -1.61. The summed E-state index contributed by atoms with van der Waals surface area (Å²) in [5, 5.41) is 8.06. The standard InChI is InChI=1S/C16H23N3/c1-5-16-14(11-19(4)18-16)10-17-13(3)15-9-7-6-8-12(15)2/h6-9,11,13,17H,5,10H2,1-4H3. The van der Waals surface area contributed by atoms with E-state index in [9.17, 15) is 0 Å². The van der Waals surface area contributed by atoms with Gasteiger partial charge >= 0.3 is 0 Å². The predicted octanol–water partition coefficient (Wildman–Crippen LogP) is 3.14. The van der Waals surface area contributed by atoms with Crippen molar-refractivity contribution in [3.63, 3.8) is 0 Å². The molecule has 1 heterocycles. The van der Waals surface area contributed by atoms with E-state index in [0.717, 1.165) is 13.0 Å². The van der Waals surface area contributed by atoms with Gasteiger partial charge in [-0.1, -0.05) is 31.2 Å². The third-order valence-electron chi connectivity index (χ3n) is 3.58. The van der Waals surface area contributed by atoms with Gasteiger partial charge in [-0.25, -0.2) is 0 Å². The molecule has 0 bridgehead atoms. The van der Waals surface area contributed by atoms with Crippen LogP contribution in [0.1, 0.15) is 42.3 Å². The summed E-state index contributed by atoms with van der Waals surface area (Å²) in [7, 11) is 1.98. The normalized spacial score (nSPS) is 12.6. The zero-order valence-electron chi connectivity index (χ0n) is 12.3. The minimum atomic E-state index is 0.353. The van der Waals surface area contributed by atoms with Crippen LogP contribution in [-0.2, 0) is 20.0 Å². The summed E-state index contributed by atoms with van der Waals surface area (Å²) < 4.78 is 1.90. The van der Waals surface area contributed by atoms with Crippen molar-refractivity contribution >= 4 is 0 Å². The lowest BCUT2D eigenvalue weighted by atomic mass is 10.0. The molecule has 2 rings (SSSR count). The maximum Gasteiger partial charge on any atom is 0.0666 e. The molecule has 0 amide bonds. The van der Waals surface area contributed by atoms with Gasteiger partial charge in [0.1, 0.15) is 0 Å². The van der Waals surface area contributed by atoms with Crippen LogP contribution in [0, 0.1) is 6.92 Å². The van der Waals surface area contributed by atoms with Gasteiger partial charge in [-0.05, 0) is 31.4 Å². The number of nitrogens with one attached hydrogen (secondary N) is 1. The Morgan fingerprint density at radius 2 is 2.05 bits per heavy atom. The van der Waals surface area contributed by atoms with Crippen LogP contribution in [0.5, 0.6) is 0 Å². The van der Waals surface area contributed by atoms with Crippen molar-refractivity contribution in [2.75, 3.05) is 0 Å². The van der Waals surface area contributed by atoms with Crippen LogP contribution in [0.3, 0.4) is 0 Å². The second kappa shape index (κ2) is 6.02. The molecule has 0 radical (unpaired) electrons. The summed E-state index contributed by atoms with van der Waals surface area (Å²) in [6.07, 6.45) is 3.09. The van der Waals surface area contributed by atoms with E-state index in [1.807, 2.05) is 11.7 Å². The van der Waals surface area contributed by atoms with Crippen LogP contribution in [0.2, 0.25) is 0 Å². The molecule has 102 valence electrons. The highest BCUT2D eigenvalue weighted by atomic mass is 15.3. The molecule has 1 aromatic heterocycles. The van der Waals surface area contributed by atoms with Gasteiger partial charge < -0.3 is 5.32 Å². The molecule has 0 aliphatic carbocycles. The van der Waals surface area contributed by atoms with Gasteiger partial charge in [-0.3, -0.25) is 4.68 Å². The molecule has 3 nitrogen and oxygen atoms in total. The number of hydrogen-bond donors (Lipinski definition) is 1. The van der Waals surface area contributed by atoms with E-state index in [1.165, 1.54) is 22.4 Å². The molecule has 0 aliphatic heterocycles. The van der Waals surface area contributed by atoms with Crippen molar-refractivity contribution in [2.45, 2.75) is 39.8 Å². The van der Waals surface area contributed by atoms with Crippen molar-refractivity contribution in [3.05, 3.63) is 52.8 Å². The second-order valence-electron chi connectivity index (χ2n) is 5.09. The van der Waals surface area contributed by atoms with E-state index in [2.05, 4.69) is 61.6 Å². The highest BCUT2D eigenvalue weighted by molar-refractivity contribution is 5.28. The first kappa shape index (κ1) is 13.8. The molecule has 19 heavy (non-hydrogen) atoms. The zero-order chi connectivity index (χ0) is 13.8. The van der Waals surface area contributed by atoms with E-state index in [1.54, 1.807) is 0 Å². The summed E-state index contributed by atoms with van der Waals surface area (Å²) in [5.41, 5.74) is 5.19. The minimum Gasteiger partial charge on any atom is -0.306 e. The first-order valence-electron chi connectivity index (χ1n) is 6.92. The molecule has 3 heteroatoms. The Kier molecular flexibility index (Phi) is 4.38. The lowest BCUT2D eigenvalue weighted by Crippen LogP contribution is -2.19. The third-order valence-corrected chi connectivity index (χ3v) is 3.58. The number of rotatable bonds is 5. The maximum atomic E-state index is 4.47. The second-order valence-corrected chi connectivity index (χ2v) is 5.09. The van der Waals surface area contributed by atoms with E-state index in [4.69, 9.17) is 0 Å². The van der Waals surface area contributed by atoms with Gasteiger partial charge in [0, 0.05) is 31.4 Å². The smallest absolute Gasteiger partial charge is 0.0666 e. The molecular formula is C16H23N3. The molecule has 0 spiro atoms. The van der Waals surface area contributed by atoms with Crippen LogP contribution < -0.4 is 5.32 Å². The van der Waals surface area contributed by atoms with Crippen molar-refractivity contribution in [1.29, 1.82) is 0 Å². The highest BCUT2D eigenvalue weighted by Gasteiger charge is 2.10. The molecule has 1 aromatic carbocycles.